The molecule has 1 heterocycles. The van der Waals surface area contributed by atoms with Crippen molar-refractivity contribution in [3.05, 3.63) is 0 Å². The first-order valence-corrected chi connectivity index (χ1v) is 9.58. The number of rotatable bonds is 11. The lowest BCUT2D eigenvalue weighted by Gasteiger charge is -2.21. The molecule has 26 heavy (non-hydrogen) atoms. The molecule has 1 amide bonds. The summed E-state index contributed by atoms with van der Waals surface area (Å²) >= 11 is 0. The molecule has 1 saturated heterocycles. The maximum atomic E-state index is 11.6. The van der Waals surface area contributed by atoms with Crippen LogP contribution in [-0.2, 0) is 14.3 Å². The lowest BCUT2D eigenvalue weighted by Crippen LogP contribution is -2.40. The minimum Gasteiger partial charge on any atom is -0.381 e. The van der Waals surface area contributed by atoms with Crippen molar-refractivity contribution in [2.24, 2.45) is 10.9 Å². The number of nitrogens with zero attached hydrogens (tertiary/aromatic N) is 1. The standard InChI is InChI=1S/C18H36N4O3.HI/c1-4-19-18(21-10-6-17(23)22-15(2)3)20-9-5-11-25-14-16-7-12-24-13-8-16;/h15-16H,4-14H2,1-3H3,(H,22,23)(H2,19,20,21);1H. The summed E-state index contributed by atoms with van der Waals surface area (Å²) in [5.74, 6) is 1.46. The van der Waals surface area contributed by atoms with E-state index in [1.807, 2.05) is 20.8 Å². The summed E-state index contributed by atoms with van der Waals surface area (Å²) in [4.78, 5) is 16.1. The Hall–Kier alpha value is -0.610. The summed E-state index contributed by atoms with van der Waals surface area (Å²) in [6.07, 6.45) is 3.55. The van der Waals surface area contributed by atoms with Crippen molar-refractivity contribution in [3.63, 3.8) is 0 Å². The summed E-state index contributed by atoms with van der Waals surface area (Å²) in [5, 5.41) is 9.26. The zero-order chi connectivity index (χ0) is 18.3. The van der Waals surface area contributed by atoms with Crippen LogP contribution in [0.3, 0.4) is 0 Å². The molecular weight excluding hydrogens is 447 g/mol. The van der Waals surface area contributed by atoms with Crippen LogP contribution in [0.1, 0.15) is 46.5 Å². The first kappa shape index (κ1) is 25.4. The molecule has 7 nitrogen and oxygen atoms in total. The molecule has 1 fully saturated rings. The number of ether oxygens (including phenoxy) is 2. The molecule has 0 radical (unpaired) electrons. The molecule has 0 atom stereocenters. The normalized spacial score (nSPS) is 15.5. The molecule has 1 aliphatic heterocycles. The highest BCUT2D eigenvalue weighted by molar-refractivity contribution is 14.0. The summed E-state index contributed by atoms with van der Waals surface area (Å²) in [6, 6.07) is 0.176. The van der Waals surface area contributed by atoms with Gasteiger partial charge in [-0.15, -0.1) is 24.0 Å². The van der Waals surface area contributed by atoms with E-state index in [9.17, 15) is 4.79 Å². The Morgan fingerprint density at radius 3 is 2.65 bits per heavy atom. The average Bonchev–Trinajstić information content (AvgIpc) is 2.58. The number of amides is 1. The number of guanidine groups is 1. The Labute approximate surface area is 175 Å². The van der Waals surface area contributed by atoms with E-state index >= 15 is 0 Å². The van der Waals surface area contributed by atoms with Crippen molar-refractivity contribution >= 4 is 35.8 Å². The van der Waals surface area contributed by atoms with E-state index in [1.54, 1.807) is 0 Å². The third-order valence-corrected chi connectivity index (χ3v) is 3.85. The predicted octanol–water partition coefficient (Wildman–Crippen LogP) is 1.91. The first-order chi connectivity index (χ1) is 12.1. The highest BCUT2D eigenvalue weighted by Crippen LogP contribution is 2.14. The zero-order valence-corrected chi connectivity index (χ0v) is 18.8. The monoisotopic (exact) mass is 484 g/mol. The third kappa shape index (κ3) is 13.6. The van der Waals surface area contributed by atoms with Gasteiger partial charge in [-0.1, -0.05) is 0 Å². The summed E-state index contributed by atoms with van der Waals surface area (Å²) in [6.45, 7) is 11.3. The largest absolute Gasteiger partial charge is 0.381 e. The summed E-state index contributed by atoms with van der Waals surface area (Å²) in [7, 11) is 0. The molecule has 0 aromatic rings. The number of hydrogen-bond donors (Lipinski definition) is 3. The fraction of sp³-hybridized carbons (Fsp3) is 0.889. The maximum absolute atomic E-state index is 11.6. The molecular formula is C18H37IN4O3. The number of hydrogen-bond acceptors (Lipinski definition) is 4. The van der Waals surface area contributed by atoms with Crippen molar-refractivity contribution in [3.8, 4) is 0 Å². The van der Waals surface area contributed by atoms with Gasteiger partial charge in [-0.2, -0.15) is 0 Å². The van der Waals surface area contributed by atoms with Gasteiger partial charge in [-0.05, 0) is 46.0 Å². The number of halogens is 1. The predicted molar refractivity (Wildman–Crippen MR) is 116 cm³/mol. The fourth-order valence-corrected chi connectivity index (χ4v) is 2.55. The fourth-order valence-electron chi connectivity index (χ4n) is 2.55. The molecule has 0 saturated carbocycles. The van der Waals surface area contributed by atoms with Gasteiger partial charge in [0.05, 0.1) is 0 Å². The molecule has 0 aromatic carbocycles. The molecule has 154 valence electrons. The third-order valence-electron chi connectivity index (χ3n) is 3.85. The van der Waals surface area contributed by atoms with Crippen molar-refractivity contribution in [1.82, 2.24) is 16.0 Å². The van der Waals surface area contributed by atoms with Crippen LogP contribution in [0.25, 0.3) is 0 Å². The van der Waals surface area contributed by atoms with Crippen LogP contribution in [0.4, 0.5) is 0 Å². The Balaban J connectivity index is 0.00000625. The second-order valence-corrected chi connectivity index (χ2v) is 6.64. The van der Waals surface area contributed by atoms with Gasteiger partial charge in [0.1, 0.15) is 0 Å². The molecule has 0 spiro atoms. The van der Waals surface area contributed by atoms with Crippen LogP contribution in [0.15, 0.2) is 4.99 Å². The lowest BCUT2D eigenvalue weighted by atomic mass is 10.0. The highest BCUT2D eigenvalue weighted by Gasteiger charge is 2.13. The average molecular weight is 484 g/mol. The Kier molecular flexibility index (Phi) is 16.2. The van der Waals surface area contributed by atoms with Crippen molar-refractivity contribution < 1.29 is 14.3 Å². The number of nitrogens with one attached hydrogen (secondary N) is 3. The van der Waals surface area contributed by atoms with Gasteiger partial charge in [0.25, 0.3) is 0 Å². The zero-order valence-electron chi connectivity index (χ0n) is 16.5. The van der Waals surface area contributed by atoms with Gasteiger partial charge in [0.2, 0.25) is 5.91 Å². The van der Waals surface area contributed by atoms with E-state index in [1.165, 1.54) is 0 Å². The van der Waals surface area contributed by atoms with Crippen LogP contribution in [0.5, 0.6) is 0 Å². The maximum Gasteiger partial charge on any atom is 0.221 e. The molecule has 0 unspecified atom stereocenters. The van der Waals surface area contributed by atoms with Gasteiger partial charge in [0, 0.05) is 58.5 Å². The molecule has 8 heteroatoms. The molecule has 0 aromatic heterocycles. The van der Waals surface area contributed by atoms with E-state index in [0.717, 1.165) is 58.2 Å². The van der Waals surface area contributed by atoms with E-state index in [0.29, 0.717) is 25.4 Å². The van der Waals surface area contributed by atoms with Gasteiger partial charge in [-0.25, -0.2) is 0 Å². The van der Waals surface area contributed by atoms with Crippen LogP contribution in [0.2, 0.25) is 0 Å². The van der Waals surface area contributed by atoms with Gasteiger partial charge in [-0.3, -0.25) is 9.79 Å². The number of carbonyl (C=O) groups is 1. The Bertz CT molecular complexity index is 389. The lowest BCUT2D eigenvalue weighted by molar-refractivity contribution is -0.121. The van der Waals surface area contributed by atoms with E-state index < -0.39 is 0 Å². The van der Waals surface area contributed by atoms with Crippen molar-refractivity contribution in [2.45, 2.75) is 52.5 Å². The van der Waals surface area contributed by atoms with Crippen LogP contribution < -0.4 is 16.0 Å². The molecule has 1 aliphatic rings. The minimum absolute atomic E-state index is 0. The van der Waals surface area contributed by atoms with E-state index in [4.69, 9.17) is 9.47 Å². The number of aliphatic imine (C=N–C) groups is 1. The molecule has 0 aliphatic carbocycles. The van der Waals surface area contributed by atoms with Gasteiger partial charge in [0.15, 0.2) is 5.96 Å². The summed E-state index contributed by atoms with van der Waals surface area (Å²) in [5.41, 5.74) is 0. The molecule has 0 bridgehead atoms. The van der Waals surface area contributed by atoms with Gasteiger partial charge < -0.3 is 25.4 Å². The minimum atomic E-state index is 0. The van der Waals surface area contributed by atoms with Crippen molar-refractivity contribution in [2.75, 3.05) is 46.1 Å². The SMILES string of the molecule is CCNC(=NCCCOCC1CCOCC1)NCCC(=O)NC(C)C.I. The van der Waals surface area contributed by atoms with Crippen LogP contribution >= 0.6 is 24.0 Å². The Morgan fingerprint density at radius 2 is 2.00 bits per heavy atom. The van der Waals surface area contributed by atoms with Gasteiger partial charge >= 0.3 is 0 Å². The van der Waals surface area contributed by atoms with Crippen LogP contribution in [0, 0.1) is 5.92 Å². The molecule has 1 rings (SSSR count). The number of carbonyl (C=O) groups excluding carboxylic acids is 1. The van der Waals surface area contributed by atoms with Crippen molar-refractivity contribution in [1.29, 1.82) is 0 Å². The van der Waals surface area contributed by atoms with E-state index in [-0.39, 0.29) is 35.9 Å². The highest BCUT2D eigenvalue weighted by atomic mass is 127. The van der Waals surface area contributed by atoms with E-state index in [2.05, 4.69) is 20.9 Å². The second-order valence-electron chi connectivity index (χ2n) is 6.64. The molecule has 3 N–H and O–H groups in total. The summed E-state index contributed by atoms with van der Waals surface area (Å²) < 4.78 is 11.1. The second kappa shape index (κ2) is 16.6. The quantitative estimate of drug-likeness (QED) is 0.181. The first-order valence-electron chi connectivity index (χ1n) is 9.58. The van der Waals surface area contributed by atoms with Crippen LogP contribution in [-0.4, -0.2) is 64.0 Å². The topological polar surface area (TPSA) is 84.0 Å². The smallest absolute Gasteiger partial charge is 0.221 e. The Morgan fingerprint density at radius 1 is 1.27 bits per heavy atom.